The van der Waals surface area contributed by atoms with Gasteiger partial charge in [-0.3, -0.25) is 4.90 Å². The summed E-state index contributed by atoms with van der Waals surface area (Å²) in [4.78, 5) is 13.7. The second-order valence-corrected chi connectivity index (χ2v) is 6.29. The fraction of sp³-hybridized carbons (Fsp3) is 0.381. The van der Waals surface area contributed by atoms with E-state index in [0.717, 1.165) is 17.5 Å². The zero-order valence-corrected chi connectivity index (χ0v) is 14.6. The molecule has 1 aromatic carbocycles. The van der Waals surface area contributed by atoms with E-state index >= 15 is 0 Å². The molecule has 130 valence electrons. The number of benzene rings is 1. The normalized spacial score (nSPS) is 15.6. The monoisotopic (exact) mass is 337 g/mol. The molecule has 2 heterocycles. The molecule has 0 spiro atoms. The van der Waals surface area contributed by atoms with E-state index in [2.05, 4.69) is 16.7 Å². The number of nitrogens with zero attached hydrogens (tertiary/aromatic N) is 1. The van der Waals surface area contributed by atoms with E-state index in [1.54, 1.807) is 12.1 Å². The van der Waals surface area contributed by atoms with E-state index < -0.39 is 0 Å². The molecule has 0 radical (unpaired) electrons. The molecule has 1 fully saturated rings. The summed E-state index contributed by atoms with van der Waals surface area (Å²) in [5.41, 5.74) is 1.18. The fourth-order valence-electron chi connectivity index (χ4n) is 2.85. The van der Waals surface area contributed by atoms with E-state index in [9.17, 15) is 4.79 Å². The molecule has 1 aliphatic rings. The highest BCUT2D eigenvalue weighted by molar-refractivity contribution is 5.77. The standard InChI is InChI=1S/C21H23NO3/c1-17(6-5-14-22-12-3-2-4-13-22)11-15-24-19-9-7-18-8-10-21(23)25-20(18)16-19/h7-11,16H,2-4,12-15H2,1H3/b17-11+. The highest BCUT2D eigenvalue weighted by atomic mass is 16.5. The number of rotatable bonds is 4. The van der Waals surface area contributed by atoms with Crippen molar-refractivity contribution in [2.75, 3.05) is 26.2 Å². The third-order valence-corrected chi connectivity index (χ3v) is 4.27. The van der Waals surface area contributed by atoms with Gasteiger partial charge in [0.1, 0.15) is 17.9 Å². The number of hydrogen-bond acceptors (Lipinski definition) is 4. The topological polar surface area (TPSA) is 42.7 Å². The summed E-state index contributed by atoms with van der Waals surface area (Å²) in [6.45, 7) is 5.60. The Hall–Kier alpha value is -2.51. The highest BCUT2D eigenvalue weighted by Gasteiger charge is 2.07. The van der Waals surface area contributed by atoms with Crippen molar-refractivity contribution >= 4 is 11.0 Å². The Morgan fingerprint density at radius 3 is 2.88 bits per heavy atom. The smallest absolute Gasteiger partial charge is 0.336 e. The molecule has 1 aliphatic heterocycles. The number of piperidine rings is 1. The maximum absolute atomic E-state index is 11.3. The molecule has 0 saturated carbocycles. The zero-order chi connectivity index (χ0) is 17.5. The minimum atomic E-state index is -0.357. The maximum atomic E-state index is 11.3. The largest absolute Gasteiger partial charge is 0.489 e. The van der Waals surface area contributed by atoms with Crippen LogP contribution in [0.1, 0.15) is 26.2 Å². The number of hydrogen-bond donors (Lipinski definition) is 0. The molecular formula is C21H23NO3. The van der Waals surface area contributed by atoms with Gasteiger partial charge in [0.2, 0.25) is 0 Å². The van der Waals surface area contributed by atoms with E-state index in [0.29, 0.717) is 17.9 Å². The third-order valence-electron chi connectivity index (χ3n) is 4.27. The minimum Gasteiger partial charge on any atom is -0.489 e. The Morgan fingerprint density at radius 2 is 2.04 bits per heavy atom. The average Bonchev–Trinajstić information content (AvgIpc) is 2.62. The van der Waals surface area contributed by atoms with Gasteiger partial charge < -0.3 is 9.15 Å². The molecule has 0 aliphatic carbocycles. The number of fused-ring (bicyclic) bond motifs is 1. The van der Waals surface area contributed by atoms with Crippen molar-refractivity contribution in [1.29, 1.82) is 0 Å². The minimum absolute atomic E-state index is 0.357. The van der Waals surface area contributed by atoms with Crippen LogP contribution in [-0.2, 0) is 0 Å². The van der Waals surface area contributed by atoms with Gasteiger partial charge in [0.15, 0.2) is 0 Å². The first-order valence-corrected chi connectivity index (χ1v) is 8.75. The molecule has 1 aromatic heterocycles. The lowest BCUT2D eigenvalue weighted by molar-refractivity contribution is 0.255. The molecular weight excluding hydrogens is 314 g/mol. The van der Waals surface area contributed by atoms with Gasteiger partial charge in [-0.2, -0.15) is 0 Å². The number of ether oxygens (including phenoxy) is 1. The molecule has 3 rings (SSSR count). The van der Waals surface area contributed by atoms with Gasteiger partial charge in [-0.1, -0.05) is 18.3 Å². The Morgan fingerprint density at radius 1 is 1.24 bits per heavy atom. The van der Waals surface area contributed by atoms with Crippen LogP contribution in [-0.4, -0.2) is 31.1 Å². The lowest BCUT2D eigenvalue weighted by Gasteiger charge is -2.23. The quantitative estimate of drug-likeness (QED) is 0.631. The van der Waals surface area contributed by atoms with E-state index in [1.807, 2.05) is 25.1 Å². The van der Waals surface area contributed by atoms with Gasteiger partial charge in [0.05, 0.1) is 6.54 Å². The van der Waals surface area contributed by atoms with Crippen LogP contribution in [0.15, 0.2) is 51.2 Å². The predicted octanol–water partition coefficient (Wildman–Crippen LogP) is 3.61. The molecule has 0 bridgehead atoms. The Balaban J connectivity index is 1.52. The molecule has 1 saturated heterocycles. The van der Waals surface area contributed by atoms with Gasteiger partial charge in [0, 0.05) is 17.5 Å². The lowest BCUT2D eigenvalue weighted by atomic mass is 10.1. The van der Waals surface area contributed by atoms with Crippen molar-refractivity contribution in [3.8, 4) is 17.6 Å². The van der Waals surface area contributed by atoms with Crippen molar-refractivity contribution in [2.45, 2.75) is 26.2 Å². The average molecular weight is 337 g/mol. The highest BCUT2D eigenvalue weighted by Crippen LogP contribution is 2.19. The Labute approximate surface area is 148 Å². The molecule has 2 aromatic rings. The molecule has 4 nitrogen and oxygen atoms in total. The van der Waals surface area contributed by atoms with Crippen molar-refractivity contribution in [3.05, 3.63) is 52.4 Å². The van der Waals surface area contributed by atoms with Gasteiger partial charge in [0.25, 0.3) is 0 Å². The number of likely N-dealkylation sites (tertiary alicyclic amines) is 1. The molecule has 0 unspecified atom stereocenters. The fourth-order valence-corrected chi connectivity index (χ4v) is 2.85. The van der Waals surface area contributed by atoms with Crippen LogP contribution in [0.2, 0.25) is 0 Å². The van der Waals surface area contributed by atoms with Crippen LogP contribution in [0, 0.1) is 11.8 Å². The van der Waals surface area contributed by atoms with Crippen LogP contribution >= 0.6 is 0 Å². The second kappa shape index (κ2) is 8.55. The van der Waals surface area contributed by atoms with Crippen molar-refractivity contribution < 1.29 is 9.15 Å². The van der Waals surface area contributed by atoms with Crippen LogP contribution in [0.25, 0.3) is 11.0 Å². The summed E-state index contributed by atoms with van der Waals surface area (Å²) in [6, 6.07) is 8.64. The SMILES string of the molecule is C/C(C#CCN1CCCCC1)=C\COc1ccc2ccc(=O)oc2c1. The van der Waals surface area contributed by atoms with E-state index in [-0.39, 0.29) is 5.63 Å². The van der Waals surface area contributed by atoms with E-state index in [4.69, 9.17) is 9.15 Å². The lowest BCUT2D eigenvalue weighted by Crippen LogP contribution is -2.29. The van der Waals surface area contributed by atoms with Crippen LogP contribution in [0.3, 0.4) is 0 Å². The molecule has 0 N–H and O–H groups in total. The summed E-state index contributed by atoms with van der Waals surface area (Å²) in [5.74, 6) is 7.09. The van der Waals surface area contributed by atoms with Gasteiger partial charge in [-0.25, -0.2) is 4.79 Å². The van der Waals surface area contributed by atoms with E-state index in [1.165, 1.54) is 38.4 Å². The maximum Gasteiger partial charge on any atom is 0.336 e. The second-order valence-electron chi connectivity index (χ2n) is 6.29. The third kappa shape index (κ3) is 5.23. The Bertz CT molecular complexity index is 864. The van der Waals surface area contributed by atoms with Crippen molar-refractivity contribution in [1.82, 2.24) is 4.90 Å². The van der Waals surface area contributed by atoms with Gasteiger partial charge in [-0.05, 0) is 62.7 Å². The first-order valence-electron chi connectivity index (χ1n) is 8.75. The first kappa shape index (κ1) is 17.3. The van der Waals surface area contributed by atoms with Crippen LogP contribution in [0.4, 0.5) is 0 Å². The van der Waals surface area contributed by atoms with Crippen LogP contribution in [0.5, 0.6) is 5.75 Å². The summed E-state index contributed by atoms with van der Waals surface area (Å²) in [6.07, 6.45) is 5.89. The summed E-state index contributed by atoms with van der Waals surface area (Å²) >= 11 is 0. The summed E-state index contributed by atoms with van der Waals surface area (Å²) in [5, 5.41) is 0.877. The summed E-state index contributed by atoms with van der Waals surface area (Å²) < 4.78 is 10.9. The molecule has 25 heavy (non-hydrogen) atoms. The Kier molecular flexibility index (Phi) is 5.92. The summed E-state index contributed by atoms with van der Waals surface area (Å²) in [7, 11) is 0. The zero-order valence-electron chi connectivity index (χ0n) is 14.6. The molecule has 0 atom stereocenters. The van der Waals surface area contributed by atoms with Crippen LogP contribution < -0.4 is 10.4 Å². The molecule has 0 amide bonds. The first-order chi connectivity index (χ1) is 12.2. The van der Waals surface area contributed by atoms with Gasteiger partial charge in [-0.15, -0.1) is 0 Å². The number of allylic oxidation sites excluding steroid dienone is 1. The van der Waals surface area contributed by atoms with Gasteiger partial charge >= 0.3 is 5.63 Å². The molecule has 4 heteroatoms. The predicted molar refractivity (Wildman–Crippen MR) is 99.8 cm³/mol. The van der Waals surface area contributed by atoms with Crippen molar-refractivity contribution in [2.24, 2.45) is 0 Å². The van der Waals surface area contributed by atoms with Crippen molar-refractivity contribution in [3.63, 3.8) is 0 Å².